The summed E-state index contributed by atoms with van der Waals surface area (Å²) in [5, 5.41) is 13.7. The minimum Gasteiger partial charge on any atom is -0.353 e. The number of nitrogens with one attached hydrogen (secondary N) is 1. The van der Waals surface area contributed by atoms with Crippen LogP contribution >= 0.6 is 11.3 Å². The smallest absolute Gasteiger partial charge is 0.229 e. The van der Waals surface area contributed by atoms with Gasteiger partial charge in [-0.3, -0.25) is 14.3 Å². The quantitative estimate of drug-likeness (QED) is 0.831. The molecule has 1 unspecified atom stereocenters. The minimum absolute atomic E-state index is 0.0301. The van der Waals surface area contributed by atoms with Crippen molar-refractivity contribution in [3.8, 4) is 0 Å². The number of piperidine rings is 1. The number of carbonyl (C=O) groups is 2. The molecule has 0 aromatic carbocycles. The van der Waals surface area contributed by atoms with Gasteiger partial charge in [0.05, 0.1) is 18.5 Å². The Morgan fingerprint density at radius 1 is 1.27 bits per heavy atom. The molecule has 2 saturated heterocycles. The molecule has 0 saturated carbocycles. The van der Waals surface area contributed by atoms with Crippen molar-refractivity contribution in [2.45, 2.75) is 56.7 Å². The number of rotatable bonds is 5. The van der Waals surface area contributed by atoms with E-state index in [2.05, 4.69) is 20.6 Å². The standard InChI is InChI=1S/C17H22N6O2S/c1-22-10-12(20-21-22)8-15(24)19-11-6-13-2-3-14(7-11)23(13)17(25)9-16-18-4-5-26-16/h4-5,10-11,13-14H,2-3,6-9H2,1H3,(H,19,24)/t11?,13-,14+. The van der Waals surface area contributed by atoms with Gasteiger partial charge in [0.25, 0.3) is 0 Å². The van der Waals surface area contributed by atoms with Crippen molar-refractivity contribution in [1.82, 2.24) is 30.2 Å². The van der Waals surface area contributed by atoms with Crippen molar-refractivity contribution in [1.29, 1.82) is 0 Å². The molecule has 3 atom stereocenters. The van der Waals surface area contributed by atoms with E-state index in [4.69, 9.17) is 0 Å². The Morgan fingerprint density at radius 3 is 2.65 bits per heavy atom. The summed E-state index contributed by atoms with van der Waals surface area (Å²) in [6.07, 6.45) is 7.80. The molecule has 8 nitrogen and oxygen atoms in total. The Kier molecular flexibility index (Phi) is 4.71. The third-order valence-electron chi connectivity index (χ3n) is 5.16. The van der Waals surface area contributed by atoms with Crippen LogP contribution in [0.25, 0.3) is 0 Å². The SMILES string of the molecule is Cn1cc(CC(=O)NC2C[C@H]3CC[C@@H](C2)N3C(=O)Cc2nccs2)nn1. The maximum atomic E-state index is 12.7. The lowest BCUT2D eigenvalue weighted by atomic mass is 9.96. The molecule has 2 aliphatic rings. The number of thiazole rings is 1. The molecule has 2 bridgehead atoms. The highest BCUT2D eigenvalue weighted by atomic mass is 32.1. The first kappa shape index (κ1) is 17.1. The number of hydrogen-bond acceptors (Lipinski definition) is 6. The van der Waals surface area contributed by atoms with Crippen molar-refractivity contribution in [3.05, 3.63) is 28.5 Å². The van der Waals surface area contributed by atoms with Gasteiger partial charge in [-0.05, 0) is 25.7 Å². The number of carbonyl (C=O) groups excluding carboxylic acids is 2. The molecule has 26 heavy (non-hydrogen) atoms. The topological polar surface area (TPSA) is 93.0 Å². The zero-order chi connectivity index (χ0) is 18.1. The van der Waals surface area contributed by atoms with Gasteiger partial charge in [-0.2, -0.15) is 0 Å². The monoisotopic (exact) mass is 374 g/mol. The van der Waals surface area contributed by atoms with Crippen molar-refractivity contribution in [2.75, 3.05) is 0 Å². The summed E-state index contributed by atoms with van der Waals surface area (Å²) >= 11 is 1.52. The number of aryl methyl sites for hydroxylation is 1. The predicted octanol–water partition coefficient (Wildman–Crippen LogP) is 0.695. The van der Waals surface area contributed by atoms with Gasteiger partial charge in [0.1, 0.15) is 5.01 Å². The predicted molar refractivity (Wildman–Crippen MR) is 95.3 cm³/mol. The summed E-state index contributed by atoms with van der Waals surface area (Å²) in [7, 11) is 1.78. The van der Waals surface area contributed by atoms with E-state index in [9.17, 15) is 9.59 Å². The highest BCUT2D eigenvalue weighted by molar-refractivity contribution is 7.09. The Bertz CT molecular complexity index is 775. The summed E-state index contributed by atoms with van der Waals surface area (Å²) in [6.45, 7) is 0. The second-order valence-corrected chi connectivity index (χ2v) is 8.06. The van der Waals surface area contributed by atoms with E-state index in [0.717, 1.165) is 30.7 Å². The number of amides is 2. The molecule has 0 aliphatic carbocycles. The zero-order valence-corrected chi connectivity index (χ0v) is 15.5. The molecule has 4 rings (SSSR count). The average Bonchev–Trinajstić information content (AvgIpc) is 3.29. The number of aromatic nitrogens is 4. The number of nitrogens with zero attached hydrogens (tertiary/aromatic N) is 5. The van der Waals surface area contributed by atoms with Crippen LogP contribution in [0.3, 0.4) is 0 Å². The second-order valence-electron chi connectivity index (χ2n) is 7.08. The molecule has 2 aliphatic heterocycles. The van der Waals surface area contributed by atoms with E-state index in [-0.39, 0.29) is 36.4 Å². The zero-order valence-electron chi connectivity index (χ0n) is 14.7. The molecule has 138 valence electrons. The third-order valence-corrected chi connectivity index (χ3v) is 5.94. The maximum Gasteiger partial charge on any atom is 0.229 e. The van der Waals surface area contributed by atoms with Crippen molar-refractivity contribution >= 4 is 23.2 Å². The van der Waals surface area contributed by atoms with Crippen LogP contribution in [-0.2, 0) is 29.5 Å². The Labute approximate surface area is 155 Å². The fraction of sp³-hybridized carbons (Fsp3) is 0.588. The fourth-order valence-electron chi connectivity index (χ4n) is 4.18. The van der Waals surface area contributed by atoms with Gasteiger partial charge in [0.2, 0.25) is 11.8 Å². The fourth-order valence-corrected chi connectivity index (χ4v) is 4.79. The van der Waals surface area contributed by atoms with Crippen molar-refractivity contribution in [3.63, 3.8) is 0 Å². The van der Waals surface area contributed by atoms with Crippen LogP contribution in [0.1, 0.15) is 36.4 Å². The van der Waals surface area contributed by atoms with Gasteiger partial charge >= 0.3 is 0 Å². The molecule has 9 heteroatoms. The van der Waals surface area contributed by atoms with E-state index < -0.39 is 0 Å². The summed E-state index contributed by atoms with van der Waals surface area (Å²) in [5.74, 6) is 0.134. The summed E-state index contributed by atoms with van der Waals surface area (Å²) in [5.41, 5.74) is 0.670. The Morgan fingerprint density at radius 2 is 2.04 bits per heavy atom. The van der Waals surface area contributed by atoms with Crippen LogP contribution in [0.4, 0.5) is 0 Å². The van der Waals surface area contributed by atoms with Gasteiger partial charge in [0.15, 0.2) is 0 Å². The van der Waals surface area contributed by atoms with Crippen molar-refractivity contribution < 1.29 is 9.59 Å². The van der Waals surface area contributed by atoms with Crippen LogP contribution in [-0.4, -0.2) is 54.8 Å². The van der Waals surface area contributed by atoms with Crippen LogP contribution in [0.15, 0.2) is 17.8 Å². The number of hydrogen-bond donors (Lipinski definition) is 1. The van der Waals surface area contributed by atoms with Gasteiger partial charge in [-0.1, -0.05) is 5.21 Å². The van der Waals surface area contributed by atoms with Crippen LogP contribution in [0.5, 0.6) is 0 Å². The molecule has 0 spiro atoms. The largest absolute Gasteiger partial charge is 0.353 e. The average molecular weight is 374 g/mol. The lowest BCUT2D eigenvalue weighted by Gasteiger charge is -2.39. The maximum absolute atomic E-state index is 12.7. The summed E-state index contributed by atoms with van der Waals surface area (Å²) in [6, 6.07) is 0.576. The molecule has 0 radical (unpaired) electrons. The molecule has 4 heterocycles. The highest BCUT2D eigenvalue weighted by Gasteiger charge is 2.43. The van der Waals surface area contributed by atoms with E-state index >= 15 is 0 Å². The Hall–Kier alpha value is -2.29. The van der Waals surface area contributed by atoms with Crippen LogP contribution < -0.4 is 5.32 Å². The molecule has 2 fully saturated rings. The van der Waals surface area contributed by atoms with Gasteiger partial charge in [0, 0.05) is 42.9 Å². The number of fused-ring (bicyclic) bond motifs is 2. The van der Waals surface area contributed by atoms with Gasteiger partial charge in [-0.25, -0.2) is 4.98 Å². The van der Waals surface area contributed by atoms with E-state index in [1.807, 2.05) is 10.3 Å². The highest BCUT2D eigenvalue weighted by Crippen LogP contribution is 2.36. The summed E-state index contributed by atoms with van der Waals surface area (Å²) < 4.78 is 1.59. The molecule has 2 aromatic rings. The molecular weight excluding hydrogens is 352 g/mol. The lowest BCUT2D eigenvalue weighted by molar-refractivity contribution is -0.135. The first-order valence-corrected chi connectivity index (χ1v) is 9.80. The molecule has 1 N–H and O–H groups in total. The molecule has 2 aromatic heterocycles. The molecule has 2 amide bonds. The van der Waals surface area contributed by atoms with E-state index in [0.29, 0.717) is 12.1 Å². The normalized spacial score (nSPS) is 24.7. The lowest BCUT2D eigenvalue weighted by Crippen LogP contribution is -2.53. The Balaban J connectivity index is 1.32. The van der Waals surface area contributed by atoms with Crippen molar-refractivity contribution in [2.24, 2.45) is 7.05 Å². The third kappa shape index (κ3) is 3.62. The van der Waals surface area contributed by atoms with Gasteiger partial charge in [-0.15, -0.1) is 16.4 Å². The summed E-state index contributed by atoms with van der Waals surface area (Å²) in [4.78, 5) is 31.2. The second kappa shape index (κ2) is 7.14. The van der Waals surface area contributed by atoms with Gasteiger partial charge < -0.3 is 10.2 Å². The van der Waals surface area contributed by atoms with Crippen LogP contribution in [0, 0.1) is 0 Å². The molecular formula is C17H22N6O2S. The minimum atomic E-state index is -0.0301. The first-order chi connectivity index (χ1) is 12.6. The van der Waals surface area contributed by atoms with Crippen LogP contribution in [0.2, 0.25) is 0 Å². The first-order valence-electron chi connectivity index (χ1n) is 8.92. The van der Waals surface area contributed by atoms with E-state index in [1.54, 1.807) is 24.1 Å². The van der Waals surface area contributed by atoms with E-state index in [1.165, 1.54) is 11.3 Å².